The van der Waals surface area contributed by atoms with E-state index in [-0.39, 0.29) is 5.91 Å². The smallest absolute Gasteiger partial charge is 0.220 e. The van der Waals surface area contributed by atoms with Crippen molar-refractivity contribution < 1.29 is 19.0 Å². The highest BCUT2D eigenvalue weighted by Gasteiger charge is 2.14. The molecule has 7 nitrogen and oxygen atoms in total. The first-order valence-electron chi connectivity index (χ1n) is 10.6. The Labute approximate surface area is 189 Å². The normalized spacial score (nSPS) is 10.7. The summed E-state index contributed by atoms with van der Waals surface area (Å²) < 4.78 is 18.0. The van der Waals surface area contributed by atoms with Gasteiger partial charge in [-0.25, -0.2) is 4.68 Å². The molecule has 3 rings (SSSR count). The van der Waals surface area contributed by atoms with E-state index in [0.29, 0.717) is 36.6 Å². The highest BCUT2D eigenvalue weighted by molar-refractivity contribution is 5.76. The second-order valence-corrected chi connectivity index (χ2v) is 7.64. The molecule has 0 radical (unpaired) electrons. The number of hydrogen-bond donors (Lipinski definition) is 1. The number of rotatable bonds is 10. The number of nitrogens with one attached hydrogen (secondary N) is 1. The molecule has 1 heterocycles. The van der Waals surface area contributed by atoms with Crippen LogP contribution in [0.5, 0.6) is 17.2 Å². The van der Waals surface area contributed by atoms with Crippen LogP contribution >= 0.6 is 0 Å². The van der Waals surface area contributed by atoms with Gasteiger partial charge in [-0.1, -0.05) is 12.1 Å². The van der Waals surface area contributed by atoms with E-state index in [1.54, 1.807) is 21.3 Å². The summed E-state index contributed by atoms with van der Waals surface area (Å²) >= 11 is 0. The standard InChI is InChI=1S/C25H31N3O4/c1-17-14-18(2)28(27-17)21-9-6-19(7-10-21)12-13-26-24(29)11-8-20-15-22(30-3)25(32-5)23(16-20)31-4/h6-7,9-10,14-16H,8,11-13H2,1-5H3,(H,26,29). The molecule has 1 N–H and O–H groups in total. The van der Waals surface area contributed by atoms with Crippen LogP contribution in [0.3, 0.4) is 0 Å². The Morgan fingerprint density at radius 3 is 2.09 bits per heavy atom. The summed E-state index contributed by atoms with van der Waals surface area (Å²) in [5.74, 6) is 1.74. The highest BCUT2D eigenvalue weighted by Crippen LogP contribution is 2.38. The van der Waals surface area contributed by atoms with E-state index < -0.39 is 0 Å². The van der Waals surface area contributed by atoms with Gasteiger partial charge in [0.1, 0.15) is 0 Å². The molecule has 1 amide bonds. The molecule has 0 spiro atoms. The first-order valence-corrected chi connectivity index (χ1v) is 10.6. The summed E-state index contributed by atoms with van der Waals surface area (Å²) in [5.41, 5.74) is 5.26. The fourth-order valence-corrected chi connectivity index (χ4v) is 3.67. The minimum absolute atomic E-state index is 0.0120. The third kappa shape index (κ3) is 5.60. The van der Waals surface area contributed by atoms with Gasteiger partial charge in [0.2, 0.25) is 11.7 Å². The fraction of sp³-hybridized carbons (Fsp3) is 0.360. The highest BCUT2D eigenvalue weighted by atomic mass is 16.5. The molecule has 0 unspecified atom stereocenters. The van der Waals surface area contributed by atoms with Gasteiger partial charge in [0.15, 0.2) is 11.5 Å². The average Bonchev–Trinajstić information content (AvgIpc) is 3.15. The number of aromatic nitrogens is 2. The molecule has 0 saturated carbocycles. The van der Waals surface area contributed by atoms with Crippen LogP contribution in [0.25, 0.3) is 5.69 Å². The molecule has 0 aliphatic carbocycles. The Bertz CT molecular complexity index is 1030. The first-order chi connectivity index (χ1) is 15.4. The predicted octanol–water partition coefficient (Wildman–Crippen LogP) is 3.81. The van der Waals surface area contributed by atoms with Crippen molar-refractivity contribution in [2.24, 2.45) is 0 Å². The number of hydrogen-bond acceptors (Lipinski definition) is 5. The van der Waals surface area contributed by atoms with Crippen LogP contribution in [0.1, 0.15) is 28.9 Å². The largest absolute Gasteiger partial charge is 0.493 e. The van der Waals surface area contributed by atoms with Gasteiger partial charge in [0, 0.05) is 18.7 Å². The summed E-state index contributed by atoms with van der Waals surface area (Å²) in [7, 11) is 4.73. The Kier molecular flexibility index (Phi) is 7.76. The third-order valence-electron chi connectivity index (χ3n) is 5.29. The first kappa shape index (κ1) is 23.2. The second kappa shape index (κ2) is 10.7. The van der Waals surface area contributed by atoms with Crippen LogP contribution in [0.4, 0.5) is 0 Å². The van der Waals surface area contributed by atoms with Gasteiger partial charge >= 0.3 is 0 Å². The monoisotopic (exact) mass is 437 g/mol. The molecule has 32 heavy (non-hydrogen) atoms. The maximum absolute atomic E-state index is 12.3. The van der Waals surface area contributed by atoms with Gasteiger partial charge in [-0.15, -0.1) is 0 Å². The zero-order valence-electron chi connectivity index (χ0n) is 19.4. The number of carbonyl (C=O) groups excluding carboxylic acids is 1. The average molecular weight is 438 g/mol. The van der Waals surface area contributed by atoms with Crippen LogP contribution < -0.4 is 19.5 Å². The molecular formula is C25H31N3O4. The van der Waals surface area contributed by atoms with Crippen molar-refractivity contribution in [1.29, 1.82) is 0 Å². The van der Waals surface area contributed by atoms with Gasteiger partial charge < -0.3 is 19.5 Å². The van der Waals surface area contributed by atoms with Crippen molar-refractivity contribution in [3.8, 4) is 22.9 Å². The van der Waals surface area contributed by atoms with E-state index in [9.17, 15) is 4.79 Å². The van der Waals surface area contributed by atoms with Crippen LogP contribution in [0.2, 0.25) is 0 Å². The van der Waals surface area contributed by atoms with Crippen molar-refractivity contribution in [2.75, 3.05) is 27.9 Å². The second-order valence-electron chi connectivity index (χ2n) is 7.64. The van der Waals surface area contributed by atoms with Gasteiger partial charge in [0.25, 0.3) is 0 Å². The third-order valence-corrected chi connectivity index (χ3v) is 5.29. The molecule has 0 saturated heterocycles. The van der Waals surface area contributed by atoms with Crippen molar-refractivity contribution in [3.05, 3.63) is 65.0 Å². The van der Waals surface area contributed by atoms with E-state index in [0.717, 1.165) is 29.1 Å². The van der Waals surface area contributed by atoms with Gasteiger partial charge in [-0.05, 0) is 68.1 Å². The van der Waals surface area contributed by atoms with Crippen molar-refractivity contribution >= 4 is 5.91 Å². The molecule has 3 aromatic rings. The molecule has 0 bridgehead atoms. The van der Waals surface area contributed by atoms with E-state index in [1.807, 2.05) is 30.7 Å². The number of amides is 1. The minimum Gasteiger partial charge on any atom is -0.493 e. The SMILES string of the molecule is COc1cc(CCC(=O)NCCc2ccc(-n3nc(C)cc3C)cc2)cc(OC)c1OC. The number of nitrogens with zero attached hydrogens (tertiary/aromatic N) is 2. The zero-order valence-corrected chi connectivity index (χ0v) is 19.4. The quantitative estimate of drug-likeness (QED) is 0.522. The molecule has 0 fully saturated rings. The summed E-state index contributed by atoms with van der Waals surface area (Å²) in [6.07, 6.45) is 1.74. The number of carbonyl (C=O) groups is 1. The van der Waals surface area contributed by atoms with Crippen LogP contribution in [0, 0.1) is 13.8 Å². The van der Waals surface area contributed by atoms with Crippen LogP contribution in [-0.2, 0) is 17.6 Å². The molecular weight excluding hydrogens is 406 g/mol. The summed E-state index contributed by atoms with van der Waals surface area (Å²) in [6, 6.07) is 14.1. The molecule has 7 heteroatoms. The lowest BCUT2D eigenvalue weighted by Gasteiger charge is -2.14. The van der Waals surface area contributed by atoms with E-state index in [2.05, 4.69) is 40.7 Å². The maximum atomic E-state index is 12.3. The molecule has 0 aliphatic rings. The van der Waals surface area contributed by atoms with Crippen molar-refractivity contribution in [1.82, 2.24) is 15.1 Å². The Morgan fingerprint density at radius 2 is 1.56 bits per heavy atom. The lowest BCUT2D eigenvalue weighted by atomic mass is 10.1. The number of methoxy groups -OCH3 is 3. The Morgan fingerprint density at radius 1 is 0.906 bits per heavy atom. The maximum Gasteiger partial charge on any atom is 0.220 e. The van der Waals surface area contributed by atoms with Gasteiger partial charge in [-0.2, -0.15) is 5.10 Å². The molecule has 0 aliphatic heterocycles. The van der Waals surface area contributed by atoms with E-state index >= 15 is 0 Å². The number of benzene rings is 2. The topological polar surface area (TPSA) is 74.6 Å². The lowest BCUT2D eigenvalue weighted by molar-refractivity contribution is -0.121. The number of ether oxygens (including phenoxy) is 3. The summed E-state index contributed by atoms with van der Waals surface area (Å²) in [5, 5.41) is 7.51. The zero-order chi connectivity index (χ0) is 23.1. The molecule has 1 aromatic heterocycles. The number of aryl methyl sites for hydroxylation is 3. The van der Waals surface area contributed by atoms with Crippen LogP contribution in [-0.4, -0.2) is 43.6 Å². The van der Waals surface area contributed by atoms with Gasteiger partial charge in [0.05, 0.1) is 32.7 Å². The van der Waals surface area contributed by atoms with E-state index in [4.69, 9.17) is 14.2 Å². The Hall–Kier alpha value is -3.48. The minimum atomic E-state index is 0.0120. The molecule has 170 valence electrons. The van der Waals surface area contributed by atoms with Crippen molar-refractivity contribution in [2.45, 2.75) is 33.1 Å². The van der Waals surface area contributed by atoms with Gasteiger partial charge in [-0.3, -0.25) is 4.79 Å². The lowest BCUT2D eigenvalue weighted by Crippen LogP contribution is -2.25. The molecule has 2 aromatic carbocycles. The summed E-state index contributed by atoms with van der Waals surface area (Å²) in [6.45, 7) is 4.62. The Balaban J connectivity index is 1.49. The fourth-order valence-electron chi connectivity index (χ4n) is 3.67. The summed E-state index contributed by atoms with van der Waals surface area (Å²) in [4.78, 5) is 12.3. The predicted molar refractivity (Wildman–Crippen MR) is 124 cm³/mol. The van der Waals surface area contributed by atoms with Crippen LogP contribution in [0.15, 0.2) is 42.5 Å². The molecule has 0 atom stereocenters. The van der Waals surface area contributed by atoms with Crippen molar-refractivity contribution in [3.63, 3.8) is 0 Å². The van der Waals surface area contributed by atoms with E-state index in [1.165, 1.54) is 5.56 Å².